The Balaban J connectivity index is 0.000000149. The lowest BCUT2D eigenvalue weighted by molar-refractivity contribution is 0.483. The molecule has 0 aliphatic heterocycles. The molecule has 2 aromatic rings. The van der Waals surface area contributed by atoms with Crippen LogP contribution < -0.4 is 0 Å². The van der Waals surface area contributed by atoms with E-state index in [0.717, 1.165) is 11.5 Å². The summed E-state index contributed by atoms with van der Waals surface area (Å²) in [5.41, 5.74) is 4.06. The van der Waals surface area contributed by atoms with E-state index >= 15 is 0 Å². The van der Waals surface area contributed by atoms with Crippen LogP contribution >= 0.6 is 0 Å². The van der Waals surface area contributed by atoms with E-state index in [1.165, 1.54) is 18.6 Å². The Labute approximate surface area is 120 Å². The van der Waals surface area contributed by atoms with Gasteiger partial charge in [-0.05, 0) is 42.5 Å². The highest BCUT2D eigenvalue weighted by molar-refractivity contribution is 7.85. The Hall–Kier alpha value is -1.65. The van der Waals surface area contributed by atoms with Gasteiger partial charge in [0, 0.05) is 0 Å². The van der Waals surface area contributed by atoms with Crippen molar-refractivity contribution in [1.82, 2.24) is 0 Å². The van der Waals surface area contributed by atoms with Gasteiger partial charge in [-0.3, -0.25) is 4.55 Å². The lowest BCUT2D eigenvalue weighted by Crippen LogP contribution is -2.12. The lowest BCUT2D eigenvalue weighted by atomic mass is 9.79. The van der Waals surface area contributed by atoms with Crippen LogP contribution in [0.25, 0.3) is 0 Å². The largest absolute Gasteiger partial charge is 0.294 e. The van der Waals surface area contributed by atoms with E-state index in [0.29, 0.717) is 0 Å². The molecule has 3 rings (SSSR count). The van der Waals surface area contributed by atoms with Crippen LogP contribution in [0, 0.1) is 6.92 Å². The molecule has 1 N–H and O–H groups in total. The van der Waals surface area contributed by atoms with Crippen molar-refractivity contribution in [2.45, 2.75) is 31.1 Å². The smallest absolute Gasteiger partial charge is 0.282 e. The molecule has 0 bridgehead atoms. The Bertz CT molecular complexity index is 688. The highest BCUT2D eigenvalue weighted by atomic mass is 32.2. The average Bonchev–Trinajstić information content (AvgIpc) is 2.38. The van der Waals surface area contributed by atoms with Crippen molar-refractivity contribution in [1.29, 1.82) is 0 Å². The zero-order valence-electron chi connectivity index (χ0n) is 11.6. The molecule has 0 aromatic heterocycles. The van der Waals surface area contributed by atoms with E-state index in [2.05, 4.69) is 31.2 Å². The van der Waals surface area contributed by atoms with Crippen LogP contribution in [0.2, 0.25) is 0 Å². The van der Waals surface area contributed by atoms with Gasteiger partial charge in [0.2, 0.25) is 0 Å². The predicted octanol–water partition coefficient (Wildman–Crippen LogP) is 3.59. The Kier molecular flexibility index (Phi) is 4.26. The van der Waals surface area contributed by atoms with Crippen molar-refractivity contribution in [2.24, 2.45) is 0 Å². The van der Waals surface area contributed by atoms with Crippen LogP contribution in [-0.4, -0.2) is 13.0 Å². The van der Waals surface area contributed by atoms with Crippen LogP contribution in [0.3, 0.4) is 0 Å². The van der Waals surface area contributed by atoms with Crippen molar-refractivity contribution in [3.8, 4) is 0 Å². The molecular formula is C16H18O3S. The Morgan fingerprint density at radius 2 is 1.65 bits per heavy atom. The molecule has 1 aliphatic carbocycles. The van der Waals surface area contributed by atoms with Gasteiger partial charge < -0.3 is 0 Å². The molecule has 0 heterocycles. The number of aryl methyl sites for hydroxylation is 1. The van der Waals surface area contributed by atoms with E-state index in [9.17, 15) is 8.42 Å². The van der Waals surface area contributed by atoms with Crippen molar-refractivity contribution in [3.63, 3.8) is 0 Å². The quantitative estimate of drug-likeness (QED) is 0.817. The van der Waals surface area contributed by atoms with E-state index in [-0.39, 0.29) is 4.90 Å². The van der Waals surface area contributed by atoms with Crippen LogP contribution in [0.5, 0.6) is 0 Å². The first-order valence-electron chi connectivity index (χ1n) is 6.50. The van der Waals surface area contributed by atoms with Crippen molar-refractivity contribution >= 4 is 10.1 Å². The minimum atomic E-state index is -4.02. The predicted molar refractivity (Wildman–Crippen MR) is 79.6 cm³/mol. The third-order valence-corrected chi connectivity index (χ3v) is 4.30. The molecule has 1 unspecified atom stereocenters. The van der Waals surface area contributed by atoms with Gasteiger partial charge in [-0.2, -0.15) is 8.42 Å². The highest BCUT2D eigenvalue weighted by Gasteiger charge is 2.19. The summed E-state index contributed by atoms with van der Waals surface area (Å²) in [6.07, 6.45) is 1.29. The molecular weight excluding hydrogens is 272 g/mol. The van der Waals surface area contributed by atoms with Crippen molar-refractivity contribution in [3.05, 3.63) is 65.2 Å². The molecule has 106 valence electrons. The molecule has 0 saturated carbocycles. The van der Waals surface area contributed by atoms with Gasteiger partial charge in [0.1, 0.15) is 0 Å². The monoisotopic (exact) mass is 290 g/mol. The van der Waals surface area contributed by atoms with Crippen molar-refractivity contribution in [2.75, 3.05) is 0 Å². The molecule has 4 heteroatoms. The molecule has 2 aromatic carbocycles. The van der Waals surface area contributed by atoms with E-state index in [1.54, 1.807) is 23.3 Å². The van der Waals surface area contributed by atoms with E-state index < -0.39 is 10.1 Å². The topological polar surface area (TPSA) is 54.4 Å². The fraction of sp³-hybridized carbons (Fsp3) is 0.250. The molecule has 0 fully saturated rings. The summed E-state index contributed by atoms with van der Waals surface area (Å²) in [6.45, 7) is 4.12. The number of hydrogen-bond acceptors (Lipinski definition) is 2. The second-order valence-corrected chi connectivity index (χ2v) is 6.51. The van der Waals surface area contributed by atoms with Gasteiger partial charge in [-0.25, -0.2) is 0 Å². The summed E-state index contributed by atoms with van der Waals surface area (Å²) in [4.78, 5) is -0.0666. The Morgan fingerprint density at radius 3 is 2.10 bits per heavy atom. The normalized spacial score (nSPS) is 16.4. The first kappa shape index (κ1) is 14.8. The van der Waals surface area contributed by atoms with Crippen LogP contribution in [0.4, 0.5) is 0 Å². The summed E-state index contributed by atoms with van der Waals surface area (Å²) in [5, 5.41) is 0. The van der Waals surface area contributed by atoms with Crippen LogP contribution in [0.1, 0.15) is 29.5 Å². The van der Waals surface area contributed by atoms with Gasteiger partial charge in [0.25, 0.3) is 10.1 Å². The molecule has 1 atom stereocenters. The highest BCUT2D eigenvalue weighted by Crippen LogP contribution is 2.33. The summed E-state index contributed by atoms with van der Waals surface area (Å²) in [5.74, 6) is 0.821. The maximum Gasteiger partial charge on any atom is 0.294 e. The molecule has 0 radical (unpaired) electrons. The Morgan fingerprint density at radius 1 is 1.05 bits per heavy atom. The van der Waals surface area contributed by atoms with Gasteiger partial charge in [-0.1, -0.05) is 48.9 Å². The third kappa shape index (κ3) is 3.46. The molecule has 0 spiro atoms. The number of rotatable bonds is 1. The second-order valence-electron chi connectivity index (χ2n) is 5.09. The van der Waals surface area contributed by atoms with Gasteiger partial charge in [0.15, 0.2) is 0 Å². The summed E-state index contributed by atoms with van der Waals surface area (Å²) < 4.78 is 29.6. The molecule has 20 heavy (non-hydrogen) atoms. The molecule has 0 amide bonds. The maximum absolute atomic E-state index is 10.5. The average molecular weight is 290 g/mol. The molecule has 1 aliphatic rings. The summed E-state index contributed by atoms with van der Waals surface area (Å²) >= 11 is 0. The third-order valence-electron chi connectivity index (χ3n) is 3.43. The summed E-state index contributed by atoms with van der Waals surface area (Å²) in [6, 6.07) is 14.7. The SMILES string of the molecule is CC1Cc2ccccc21.Cc1ccc(S(=O)(=O)O)cc1. The summed E-state index contributed by atoms with van der Waals surface area (Å²) in [7, 11) is -4.02. The van der Waals surface area contributed by atoms with Gasteiger partial charge in [0.05, 0.1) is 4.90 Å². The van der Waals surface area contributed by atoms with E-state index in [1.807, 2.05) is 6.92 Å². The standard InChI is InChI=1S/C9H10.C7H8O3S/c1-7-6-8-4-2-3-5-9(7)8;1-6-2-4-7(5-3-6)11(8,9)10/h2-5,7H,6H2,1H3;2-5H,1H3,(H,8,9,10). The number of benzene rings is 2. The molecule has 3 nitrogen and oxygen atoms in total. The fourth-order valence-corrected chi connectivity index (χ4v) is 2.70. The van der Waals surface area contributed by atoms with Crippen LogP contribution in [0.15, 0.2) is 53.4 Å². The zero-order valence-corrected chi connectivity index (χ0v) is 12.4. The second kappa shape index (κ2) is 5.77. The van der Waals surface area contributed by atoms with Gasteiger partial charge in [-0.15, -0.1) is 0 Å². The lowest BCUT2D eigenvalue weighted by Gasteiger charge is -2.25. The van der Waals surface area contributed by atoms with Gasteiger partial charge >= 0.3 is 0 Å². The first-order chi connectivity index (χ1) is 9.38. The van der Waals surface area contributed by atoms with Crippen molar-refractivity contribution < 1.29 is 13.0 Å². The van der Waals surface area contributed by atoms with Crippen LogP contribution in [-0.2, 0) is 16.5 Å². The number of hydrogen-bond donors (Lipinski definition) is 1. The molecule has 0 saturated heterocycles. The minimum Gasteiger partial charge on any atom is -0.282 e. The van der Waals surface area contributed by atoms with E-state index in [4.69, 9.17) is 4.55 Å². The zero-order chi connectivity index (χ0) is 14.8. The minimum absolute atomic E-state index is 0.0666. The fourth-order valence-electron chi connectivity index (χ4n) is 2.22. The first-order valence-corrected chi connectivity index (χ1v) is 7.94. The number of fused-ring (bicyclic) bond motifs is 1. The maximum atomic E-state index is 10.5.